The number of hydrogen-bond donors (Lipinski definition) is 1. The fourth-order valence-electron chi connectivity index (χ4n) is 1.25. The summed E-state index contributed by atoms with van der Waals surface area (Å²) in [7, 11) is 0. The van der Waals surface area contributed by atoms with Gasteiger partial charge in [0.1, 0.15) is 5.75 Å². The summed E-state index contributed by atoms with van der Waals surface area (Å²) in [6.45, 7) is 3.92. The zero-order chi connectivity index (χ0) is 13.9. The van der Waals surface area contributed by atoms with Crippen molar-refractivity contribution < 1.29 is 23.4 Å². The van der Waals surface area contributed by atoms with Crippen LogP contribution in [0.25, 0.3) is 0 Å². The summed E-state index contributed by atoms with van der Waals surface area (Å²) < 4.78 is 32.2. The molecule has 6 heteroatoms. The monoisotopic (exact) mass is 278 g/mol. The van der Waals surface area contributed by atoms with Crippen LogP contribution >= 0.6 is 11.6 Å². The lowest BCUT2D eigenvalue weighted by atomic mass is 10.1. The number of halogens is 3. The molecule has 0 radical (unpaired) electrons. The number of benzene rings is 1. The minimum atomic E-state index is -4.03. The maximum absolute atomic E-state index is 13.5. The Bertz CT molecular complexity index is 447. The second-order valence-electron chi connectivity index (χ2n) is 4.22. The molecule has 100 valence electrons. The molecule has 0 heterocycles. The Morgan fingerprint density at radius 3 is 2.61 bits per heavy atom. The van der Waals surface area contributed by atoms with Crippen molar-refractivity contribution in [2.45, 2.75) is 19.8 Å². The molecule has 0 spiro atoms. The highest BCUT2D eigenvalue weighted by atomic mass is 35.5. The Morgan fingerprint density at radius 1 is 1.50 bits per heavy atom. The molecule has 18 heavy (non-hydrogen) atoms. The molecule has 1 N–H and O–H groups in total. The quantitative estimate of drug-likeness (QED) is 0.896. The fraction of sp³-hybridized carbons (Fsp3) is 0.417. The van der Waals surface area contributed by atoms with Crippen LogP contribution < -0.4 is 4.74 Å². The molecule has 0 aromatic heterocycles. The van der Waals surface area contributed by atoms with Crippen molar-refractivity contribution in [1.29, 1.82) is 0 Å². The van der Waals surface area contributed by atoms with Gasteiger partial charge >= 0.3 is 11.9 Å². The van der Waals surface area contributed by atoms with Crippen LogP contribution in [-0.4, -0.2) is 17.7 Å². The Hall–Kier alpha value is -1.36. The van der Waals surface area contributed by atoms with Gasteiger partial charge < -0.3 is 9.84 Å². The van der Waals surface area contributed by atoms with Gasteiger partial charge in [-0.3, -0.25) is 0 Å². The first-order valence-corrected chi connectivity index (χ1v) is 5.67. The van der Waals surface area contributed by atoms with E-state index in [0.717, 1.165) is 6.07 Å². The highest BCUT2D eigenvalue weighted by Crippen LogP contribution is 2.37. The molecule has 1 rings (SSSR count). The molecule has 0 saturated heterocycles. The van der Waals surface area contributed by atoms with E-state index in [4.69, 9.17) is 21.4 Å². The zero-order valence-electron chi connectivity index (χ0n) is 9.91. The normalized spacial score (nSPS) is 11.7. The standard InChI is InChI=1S/C12H13ClF2O3/c1-7(2)6-18-10-4-3-8(13)5-9(10)12(14,15)11(16)17/h3-5,7H,6H2,1-2H3,(H,16,17). The molecule has 0 fully saturated rings. The van der Waals surface area contributed by atoms with Crippen LogP contribution in [0.4, 0.5) is 8.78 Å². The van der Waals surface area contributed by atoms with Gasteiger partial charge in [0.2, 0.25) is 0 Å². The predicted molar refractivity (Wildman–Crippen MR) is 63.3 cm³/mol. The number of hydrogen-bond acceptors (Lipinski definition) is 2. The number of alkyl halides is 2. The van der Waals surface area contributed by atoms with Gasteiger partial charge in [0.15, 0.2) is 0 Å². The van der Waals surface area contributed by atoms with Gasteiger partial charge in [0.05, 0.1) is 12.2 Å². The van der Waals surface area contributed by atoms with Crippen LogP contribution in [0.1, 0.15) is 19.4 Å². The summed E-state index contributed by atoms with van der Waals surface area (Å²) in [5.41, 5.74) is -0.733. The van der Waals surface area contributed by atoms with Gasteiger partial charge in [-0.2, -0.15) is 8.78 Å². The third-order valence-corrected chi connectivity index (χ3v) is 2.36. The largest absolute Gasteiger partial charge is 0.493 e. The van der Waals surface area contributed by atoms with E-state index < -0.39 is 17.5 Å². The van der Waals surface area contributed by atoms with Crippen LogP contribution in [-0.2, 0) is 10.7 Å². The maximum Gasteiger partial charge on any atom is 0.379 e. The van der Waals surface area contributed by atoms with Crippen LogP contribution in [0.3, 0.4) is 0 Å². The van der Waals surface area contributed by atoms with Crippen molar-refractivity contribution in [3.63, 3.8) is 0 Å². The lowest BCUT2D eigenvalue weighted by Crippen LogP contribution is -2.26. The molecule has 0 amide bonds. The van der Waals surface area contributed by atoms with Crippen LogP contribution in [0.5, 0.6) is 5.75 Å². The number of rotatable bonds is 5. The van der Waals surface area contributed by atoms with Gasteiger partial charge in [-0.15, -0.1) is 0 Å². The third-order valence-electron chi connectivity index (χ3n) is 2.12. The minimum Gasteiger partial charge on any atom is -0.493 e. The summed E-state index contributed by atoms with van der Waals surface area (Å²) >= 11 is 5.61. The Morgan fingerprint density at radius 2 is 2.11 bits per heavy atom. The second-order valence-corrected chi connectivity index (χ2v) is 4.66. The topological polar surface area (TPSA) is 46.5 Å². The molecular weight excluding hydrogens is 266 g/mol. The number of carbonyl (C=O) groups is 1. The SMILES string of the molecule is CC(C)COc1ccc(Cl)cc1C(F)(F)C(=O)O. The highest BCUT2D eigenvalue weighted by molar-refractivity contribution is 6.30. The van der Waals surface area contributed by atoms with Crippen molar-refractivity contribution in [3.8, 4) is 5.75 Å². The van der Waals surface area contributed by atoms with Crippen molar-refractivity contribution in [2.75, 3.05) is 6.61 Å². The molecule has 0 bridgehead atoms. The number of carboxylic acids is 1. The zero-order valence-corrected chi connectivity index (χ0v) is 10.7. The fourth-order valence-corrected chi connectivity index (χ4v) is 1.42. The second kappa shape index (κ2) is 5.52. The van der Waals surface area contributed by atoms with E-state index in [9.17, 15) is 13.6 Å². The van der Waals surface area contributed by atoms with Gasteiger partial charge in [0, 0.05) is 5.02 Å². The molecular formula is C12H13ClF2O3. The van der Waals surface area contributed by atoms with Crippen molar-refractivity contribution in [1.82, 2.24) is 0 Å². The number of carboxylic acid groups (broad SMARTS) is 1. The van der Waals surface area contributed by atoms with Gasteiger partial charge in [-0.1, -0.05) is 25.4 Å². The first kappa shape index (κ1) is 14.7. The summed E-state index contributed by atoms with van der Waals surface area (Å²) in [4.78, 5) is 10.6. The van der Waals surface area contributed by atoms with Crippen molar-refractivity contribution in [3.05, 3.63) is 28.8 Å². The maximum atomic E-state index is 13.5. The van der Waals surface area contributed by atoms with E-state index in [1.54, 1.807) is 0 Å². The van der Waals surface area contributed by atoms with Crippen LogP contribution in [0, 0.1) is 5.92 Å². The Labute approximate surface area is 108 Å². The molecule has 1 aromatic rings. The molecule has 0 aliphatic heterocycles. The smallest absolute Gasteiger partial charge is 0.379 e. The molecule has 0 aliphatic carbocycles. The van der Waals surface area contributed by atoms with Gasteiger partial charge in [0.25, 0.3) is 0 Å². The lowest BCUT2D eigenvalue weighted by Gasteiger charge is -2.17. The number of aliphatic carboxylic acids is 1. The molecule has 0 unspecified atom stereocenters. The lowest BCUT2D eigenvalue weighted by molar-refractivity contribution is -0.166. The van der Waals surface area contributed by atoms with E-state index in [-0.39, 0.29) is 23.3 Å². The van der Waals surface area contributed by atoms with Gasteiger partial charge in [-0.25, -0.2) is 4.79 Å². The molecule has 0 aliphatic rings. The third kappa shape index (κ3) is 3.32. The first-order valence-electron chi connectivity index (χ1n) is 5.29. The summed E-state index contributed by atoms with van der Waals surface area (Å²) in [6, 6.07) is 3.53. The summed E-state index contributed by atoms with van der Waals surface area (Å²) in [5.74, 6) is -6.30. The van der Waals surface area contributed by atoms with Crippen LogP contribution in [0.2, 0.25) is 5.02 Å². The van der Waals surface area contributed by atoms with E-state index >= 15 is 0 Å². The molecule has 0 saturated carbocycles. The predicted octanol–water partition coefficient (Wildman–Crippen LogP) is 3.55. The first-order chi connectivity index (χ1) is 8.25. The van der Waals surface area contributed by atoms with Crippen molar-refractivity contribution in [2.24, 2.45) is 5.92 Å². The van der Waals surface area contributed by atoms with E-state index in [2.05, 4.69) is 0 Å². The molecule has 1 aromatic carbocycles. The molecule has 3 nitrogen and oxygen atoms in total. The van der Waals surface area contributed by atoms with E-state index in [1.165, 1.54) is 12.1 Å². The number of ether oxygens (including phenoxy) is 1. The minimum absolute atomic E-state index is 0.0304. The average Bonchev–Trinajstić information content (AvgIpc) is 2.26. The average molecular weight is 279 g/mol. The molecule has 0 atom stereocenters. The summed E-state index contributed by atoms with van der Waals surface area (Å²) in [5, 5.41) is 8.57. The van der Waals surface area contributed by atoms with Crippen LogP contribution in [0.15, 0.2) is 18.2 Å². The van der Waals surface area contributed by atoms with Crippen molar-refractivity contribution >= 4 is 17.6 Å². The summed E-state index contributed by atoms with van der Waals surface area (Å²) in [6.07, 6.45) is 0. The Balaban J connectivity index is 3.15. The van der Waals surface area contributed by atoms with E-state index in [0.29, 0.717) is 0 Å². The van der Waals surface area contributed by atoms with E-state index in [1.807, 2.05) is 13.8 Å². The highest BCUT2D eigenvalue weighted by Gasteiger charge is 2.43. The van der Waals surface area contributed by atoms with Gasteiger partial charge in [-0.05, 0) is 24.1 Å². The Kier molecular flexibility index (Phi) is 4.51.